The fourth-order valence-corrected chi connectivity index (χ4v) is 6.19. The number of rotatable bonds is 7. The van der Waals surface area contributed by atoms with Gasteiger partial charge in [0, 0.05) is 0 Å². The maximum atomic E-state index is 13.3. The number of carbonyl (C=O) groups excluding carboxylic acids is 4. The second kappa shape index (κ2) is 11.7. The number of hydrogen-bond acceptors (Lipinski definition) is 8. The Morgan fingerprint density at radius 3 is 1.56 bits per heavy atom. The van der Waals surface area contributed by atoms with Crippen molar-refractivity contribution in [3.63, 3.8) is 0 Å². The van der Waals surface area contributed by atoms with Crippen molar-refractivity contribution in [1.82, 2.24) is 0 Å². The molecule has 0 radical (unpaired) electrons. The molecule has 39 heavy (non-hydrogen) atoms. The second-order valence-corrected chi connectivity index (χ2v) is 10.6. The van der Waals surface area contributed by atoms with E-state index in [4.69, 9.17) is 18.9 Å². The SMILES string of the molecule is O=C(O[C@H]1C[Se]C(OC(=O)c2ccccc2)(OC(=O)C(F)(F)F)[C@@H]1OC(=O)c1ccccc1)c1ccccc1. The third kappa shape index (κ3) is 6.65. The van der Waals surface area contributed by atoms with Crippen molar-refractivity contribution in [2.24, 2.45) is 0 Å². The van der Waals surface area contributed by atoms with Gasteiger partial charge in [-0.3, -0.25) is 0 Å². The Morgan fingerprint density at radius 2 is 1.10 bits per heavy atom. The van der Waals surface area contributed by atoms with Gasteiger partial charge in [0.2, 0.25) is 0 Å². The van der Waals surface area contributed by atoms with E-state index in [0.717, 1.165) is 0 Å². The van der Waals surface area contributed by atoms with Crippen LogP contribution in [0.5, 0.6) is 0 Å². The van der Waals surface area contributed by atoms with Crippen LogP contribution in [0.3, 0.4) is 0 Å². The molecule has 0 bridgehead atoms. The summed E-state index contributed by atoms with van der Waals surface area (Å²) in [5, 5.41) is -0.203. The second-order valence-electron chi connectivity index (χ2n) is 8.06. The Morgan fingerprint density at radius 1 is 0.667 bits per heavy atom. The Bertz CT molecular complexity index is 1340. The van der Waals surface area contributed by atoms with Gasteiger partial charge in [0.25, 0.3) is 0 Å². The number of halogens is 3. The minimum absolute atomic E-state index is 0.00969. The van der Waals surface area contributed by atoms with Gasteiger partial charge in [-0.25, -0.2) is 0 Å². The van der Waals surface area contributed by atoms with Crippen LogP contribution in [0, 0.1) is 0 Å². The normalized spacial score (nSPS) is 20.5. The van der Waals surface area contributed by atoms with Crippen molar-refractivity contribution >= 4 is 38.8 Å². The summed E-state index contributed by atoms with van der Waals surface area (Å²) in [6.45, 7) is 0. The van der Waals surface area contributed by atoms with Gasteiger partial charge in [-0.15, -0.1) is 0 Å². The first-order valence-corrected chi connectivity index (χ1v) is 13.4. The molecule has 3 aromatic rings. The number of hydrogen-bond donors (Lipinski definition) is 0. The van der Waals surface area contributed by atoms with Gasteiger partial charge in [-0.2, -0.15) is 0 Å². The van der Waals surface area contributed by atoms with Crippen molar-refractivity contribution in [2.75, 3.05) is 0 Å². The van der Waals surface area contributed by atoms with Crippen LogP contribution in [0.2, 0.25) is 5.32 Å². The predicted molar refractivity (Wildman–Crippen MR) is 129 cm³/mol. The van der Waals surface area contributed by atoms with Crippen LogP contribution in [-0.2, 0) is 23.7 Å². The predicted octanol–water partition coefficient (Wildman–Crippen LogP) is 4.19. The Labute approximate surface area is 226 Å². The molecule has 0 spiro atoms. The zero-order valence-electron chi connectivity index (χ0n) is 19.8. The fraction of sp³-hybridized carbons (Fsp3) is 0.185. The van der Waals surface area contributed by atoms with Gasteiger partial charge in [-0.1, -0.05) is 0 Å². The molecule has 0 saturated carbocycles. The molecule has 12 heteroatoms. The van der Waals surface area contributed by atoms with Crippen molar-refractivity contribution in [1.29, 1.82) is 0 Å². The van der Waals surface area contributed by atoms with E-state index >= 15 is 0 Å². The number of esters is 4. The summed E-state index contributed by atoms with van der Waals surface area (Å²) in [4.78, 5) is 50.7. The topological polar surface area (TPSA) is 105 Å². The van der Waals surface area contributed by atoms with E-state index in [2.05, 4.69) is 0 Å². The first-order valence-electron chi connectivity index (χ1n) is 11.3. The van der Waals surface area contributed by atoms with E-state index in [9.17, 15) is 32.3 Å². The average Bonchev–Trinajstić information content (AvgIpc) is 3.25. The molecule has 1 aliphatic rings. The van der Waals surface area contributed by atoms with Crippen LogP contribution < -0.4 is 0 Å². The standard InChI is InChI=1S/C27H19F3O8Se/c28-26(29,30)25(34)38-27(37-24(33)19-14-8-3-9-15-19)21(36-23(32)18-12-6-2-7-13-18)20(16-39-27)35-22(31)17-10-4-1-5-11-17/h1-15,20-21H,16H2/t20-,21+,27?/m0/s1. The first-order chi connectivity index (χ1) is 18.6. The molecular weight excluding hydrogens is 588 g/mol. The minimum atomic E-state index is -5.46. The summed E-state index contributed by atoms with van der Waals surface area (Å²) in [5.41, 5.74) is 0.0632. The molecular formula is C27H19F3O8Se. The first kappa shape index (κ1) is 27.9. The fourth-order valence-electron chi connectivity index (χ4n) is 3.52. The Kier molecular flexibility index (Phi) is 8.37. The van der Waals surface area contributed by atoms with Crippen LogP contribution in [0.25, 0.3) is 0 Å². The number of ether oxygens (including phenoxy) is 4. The van der Waals surface area contributed by atoms with Crippen LogP contribution >= 0.6 is 0 Å². The van der Waals surface area contributed by atoms with Gasteiger partial charge < -0.3 is 0 Å². The van der Waals surface area contributed by atoms with Crippen LogP contribution in [0.4, 0.5) is 13.2 Å². The van der Waals surface area contributed by atoms with Gasteiger partial charge in [0.15, 0.2) is 0 Å². The summed E-state index contributed by atoms with van der Waals surface area (Å²) in [6, 6.07) is 22.4. The van der Waals surface area contributed by atoms with Crippen LogP contribution in [0.15, 0.2) is 91.0 Å². The molecule has 202 valence electrons. The Hall–Kier alpha value is -4.15. The summed E-state index contributed by atoms with van der Waals surface area (Å²) >= 11 is -1.29. The van der Waals surface area contributed by atoms with Crippen molar-refractivity contribution in [3.8, 4) is 0 Å². The molecule has 0 amide bonds. The zero-order valence-corrected chi connectivity index (χ0v) is 21.5. The van der Waals surface area contributed by atoms with Gasteiger partial charge in [-0.05, 0) is 0 Å². The van der Waals surface area contributed by atoms with E-state index in [0.29, 0.717) is 0 Å². The molecule has 3 atom stereocenters. The molecule has 1 unspecified atom stereocenters. The summed E-state index contributed by atoms with van der Waals surface area (Å²) < 4.78 is 58.4. The molecule has 8 nitrogen and oxygen atoms in total. The number of carbonyl (C=O) groups is 4. The zero-order chi connectivity index (χ0) is 28.0. The summed E-state index contributed by atoms with van der Waals surface area (Å²) in [6.07, 6.45) is -8.78. The number of alkyl halides is 3. The molecule has 4 rings (SSSR count). The molecule has 3 aromatic carbocycles. The van der Waals surface area contributed by atoms with E-state index in [1.807, 2.05) is 0 Å². The van der Waals surface area contributed by atoms with Gasteiger partial charge in [0.1, 0.15) is 0 Å². The van der Waals surface area contributed by atoms with E-state index in [1.54, 1.807) is 30.3 Å². The molecule has 1 heterocycles. The monoisotopic (exact) mass is 608 g/mol. The van der Waals surface area contributed by atoms with Gasteiger partial charge in [0.05, 0.1) is 0 Å². The van der Waals surface area contributed by atoms with Crippen LogP contribution in [0.1, 0.15) is 31.1 Å². The van der Waals surface area contributed by atoms with Gasteiger partial charge >= 0.3 is 226 Å². The molecule has 0 aromatic heterocycles. The molecule has 1 fully saturated rings. The van der Waals surface area contributed by atoms with E-state index in [-0.39, 0.29) is 22.0 Å². The maximum absolute atomic E-state index is 13.3. The molecule has 1 saturated heterocycles. The third-order valence-electron chi connectivity index (χ3n) is 5.36. The third-order valence-corrected chi connectivity index (χ3v) is 8.08. The van der Waals surface area contributed by atoms with Crippen molar-refractivity contribution < 1.29 is 51.3 Å². The molecule has 0 aliphatic carbocycles. The quantitative estimate of drug-likeness (QED) is 0.171. The Balaban J connectivity index is 1.72. The molecule has 1 aliphatic heterocycles. The summed E-state index contributed by atoms with van der Waals surface area (Å²) in [7, 11) is 0. The van der Waals surface area contributed by atoms with Crippen molar-refractivity contribution in [3.05, 3.63) is 108 Å². The summed E-state index contributed by atoms with van der Waals surface area (Å²) in [5.74, 6) is -5.70. The van der Waals surface area contributed by atoms with E-state index < -0.39 is 61.9 Å². The van der Waals surface area contributed by atoms with Crippen LogP contribution in [-0.4, -0.2) is 61.9 Å². The average molecular weight is 607 g/mol. The van der Waals surface area contributed by atoms with E-state index in [1.165, 1.54) is 60.7 Å². The van der Waals surface area contributed by atoms with Crippen molar-refractivity contribution in [2.45, 2.75) is 28.4 Å². The number of benzene rings is 3. The molecule has 0 N–H and O–H groups in total.